The minimum atomic E-state index is 0.156. The maximum atomic E-state index is 11.2. The average Bonchev–Trinajstić information content (AvgIpc) is 2.23. The fourth-order valence-corrected chi connectivity index (χ4v) is 1.07. The van der Waals surface area contributed by atoms with Gasteiger partial charge >= 0.3 is 0 Å². The maximum Gasteiger partial charge on any atom is 0.226 e. The van der Waals surface area contributed by atoms with Gasteiger partial charge in [-0.3, -0.25) is 4.79 Å². The van der Waals surface area contributed by atoms with E-state index in [2.05, 4.69) is 13.3 Å². The van der Waals surface area contributed by atoms with Crippen LogP contribution in [0, 0.1) is 5.41 Å². The van der Waals surface area contributed by atoms with Gasteiger partial charge in [-0.15, -0.1) is 6.58 Å². The Hall–Kier alpha value is -1.16. The summed E-state index contributed by atoms with van der Waals surface area (Å²) >= 11 is 0. The predicted octanol–water partition coefficient (Wildman–Crippen LogP) is 0.687. The number of carbonyl (C=O) groups is 1. The van der Waals surface area contributed by atoms with E-state index in [1.54, 1.807) is 6.08 Å². The Bertz CT molecular complexity index is 165. The Labute approximate surface area is 78.7 Å². The summed E-state index contributed by atoms with van der Waals surface area (Å²) in [5.74, 6) is 0.156. The van der Waals surface area contributed by atoms with Gasteiger partial charge in [0.2, 0.25) is 5.91 Å². The molecule has 4 nitrogen and oxygen atoms in total. The lowest BCUT2D eigenvalue weighted by atomic mass is 10.3. The molecule has 0 aromatic rings. The van der Waals surface area contributed by atoms with Crippen LogP contribution < -0.4 is 0 Å². The molecule has 0 bridgehead atoms. The number of hydrogen-bond donors (Lipinski definition) is 1. The van der Waals surface area contributed by atoms with Crippen molar-refractivity contribution in [3.05, 3.63) is 12.7 Å². The van der Waals surface area contributed by atoms with Crippen LogP contribution in [0.1, 0.15) is 6.42 Å². The molecule has 1 saturated heterocycles. The Balaban J connectivity index is 0.000000671. The van der Waals surface area contributed by atoms with Crippen LogP contribution >= 0.6 is 0 Å². The van der Waals surface area contributed by atoms with Crippen molar-refractivity contribution in [2.75, 3.05) is 26.3 Å². The molecule has 1 aliphatic rings. The highest BCUT2D eigenvalue weighted by Gasteiger charge is 2.14. The second-order valence-corrected chi connectivity index (χ2v) is 2.49. The zero-order valence-electron chi connectivity index (χ0n) is 7.79. The molecule has 1 heterocycles. The van der Waals surface area contributed by atoms with Crippen molar-refractivity contribution < 1.29 is 9.53 Å². The molecule has 1 rings (SSSR count). The molecule has 1 aliphatic heterocycles. The van der Waals surface area contributed by atoms with E-state index in [1.807, 2.05) is 4.90 Å². The quantitative estimate of drug-likeness (QED) is 0.507. The number of rotatable bonds is 2. The molecule has 0 aromatic carbocycles. The summed E-state index contributed by atoms with van der Waals surface area (Å²) in [4.78, 5) is 13.0. The first-order chi connectivity index (χ1) is 6.34. The van der Waals surface area contributed by atoms with Gasteiger partial charge in [-0.25, -0.2) is 0 Å². The highest BCUT2D eigenvalue weighted by Crippen LogP contribution is 1.99. The first kappa shape index (κ1) is 11.8. The molecule has 1 amide bonds. The van der Waals surface area contributed by atoms with E-state index in [1.165, 1.54) is 0 Å². The van der Waals surface area contributed by atoms with Crippen molar-refractivity contribution in [2.24, 2.45) is 0 Å². The summed E-state index contributed by atoms with van der Waals surface area (Å²) in [5, 5.41) is 5.50. The van der Waals surface area contributed by atoms with Crippen molar-refractivity contribution in [3.63, 3.8) is 0 Å². The Kier molecular flexibility index (Phi) is 6.82. The van der Waals surface area contributed by atoms with Crippen molar-refractivity contribution >= 4 is 12.6 Å². The number of morpholine rings is 1. The van der Waals surface area contributed by atoms with Crippen molar-refractivity contribution in [1.82, 2.24) is 4.90 Å². The summed E-state index contributed by atoms with van der Waals surface area (Å²) in [5.41, 5.74) is 0. The van der Waals surface area contributed by atoms with Crippen molar-refractivity contribution in [1.29, 1.82) is 5.41 Å². The van der Waals surface area contributed by atoms with Gasteiger partial charge < -0.3 is 15.0 Å². The number of carbonyl (C=O) groups excluding carboxylic acids is 1. The topological polar surface area (TPSA) is 53.4 Å². The van der Waals surface area contributed by atoms with Crippen LogP contribution in [-0.4, -0.2) is 43.8 Å². The predicted molar refractivity (Wildman–Crippen MR) is 52.1 cm³/mol. The second-order valence-electron chi connectivity index (χ2n) is 2.49. The second kappa shape index (κ2) is 7.49. The number of ether oxygens (including phenoxy) is 1. The maximum absolute atomic E-state index is 11.2. The molecule has 13 heavy (non-hydrogen) atoms. The van der Waals surface area contributed by atoms with Crippen LogP contribution in [0.3, 0.4) is 0 Å². The third-order valence-corrected chi connectivity index (χ3v) is 1.68. The first-order valence-corrected chi connectivity index (χ1v) is 4.16. The van der Waals surface area contributed by atoms with E-state index in [0.29, 0.717) is 19.6 Å². The SMILES string of the molecule is C=CCC(=O)N1CCOCC1.C=N. The molecular weight excluding hydrogens is 168 g/mol. The summed E-state index contributed by atoms with van der Waals surface area (Å²) in [6.45, 7) is 8.81. The Morgan fingerprint density at radius 2 is 2.00 bits per heavy atom. The van der Waals surface area contributed by atoms with Gasteiger partial charge in [-0.1, -0.05) is 6.08 Å². The molecule has 0 saturated carbocycles. The van der Waals surface area contributed by atoms with Crippen LogP contribution in [0.25, 0.3) is 0 Å². The van der Waals surface area contributed by atoms with Gasteiger partial charge in [0.15, 0.2) is 0 Å². The van der Waals surface area contributed by atoms with E-state index < -0.39 is 0 Å². The fourth-order valence-electron chi connectivity index (χ4n) is 1.07. The van der Waals surface area contributed by atoms with Gasteiger partial charge in [-0.2, -0.15) is 0 Å². The van der Waals surface area contributed by atoms with Gasteiger partial charge in [0.1, 0.15) is 0 Å². The highest BCUT2D eigenvalue weighted by molar-refractivity contribution is 5.77. The molecule has 0 atom stereocenters. The van der Waals surface area contributed by atoms with Crippen LogP contribution in [0.4, 0.5) is 0 Å². The van der Waals surface area contributed by atoms with Crippen molar-refractivity contribution in [3.8, 4) is 0 Å². The van der Waals surface area contributed by atoms with E-state index in [0.717, 1.165) is 13.1 Å². The van der Waals surface area contributed by atoms with E-state index >= 15 is 0 Å². The number of nitrogens with zero attached hydrogens (tertiary/aromatic N) is 1. The first-order valence-electron chi connectivity index (χ1n) is 4.16. The van der Waals surface area contributed by atoms with E-state index in [4.69, 9.17) is 10.1 Å². The molecule has 0 spiro atoms. The summed E-state index contributed by atoms with van der Waals surface area (Å²) in [7, 11) is 0. The van der Waals surface area contributed by atoms with Gasteiger partial charge in [0.05, 0.1) is 13.2 Å². The van der Waals surface area contributed by atoms with Crippen LogP contribution in [0.15, 0.2) is 12.7 Å². The summed E-state index contributed by atoms with van der Waals surface area (Å²) in [6, 6.07) is 0. The lowest BCUT2D eigenvalue weighted by molar-refractivity contribution is -0.134. The lowest BCUT2D eigenvalue weighted by Gasteiger charge is -2.26. The minimum Gasteiger partial charge on any atom is -0.378 e. The monoisotopic (exact) mass is 184 g/mol. The third-order valence-electron chi connectivity index (χ3n) is 1.68. The normalized spacial score (nSPS) is 15.5. The van der Waals surface area contributed by atoms with Crippen LogP contribution in [0.5, 0.6) is 0 Å². The third kappa shape index (κ3) is 4.42. The molecule has 0 unspecified atom stereocenters. The Morgan fingerprint density at radius 1 is 1.46 bits per heavy atom. The summed E-state index contributed by atoms with van der Waals surface area (Å²) < 4.78 is 5.11. The molecular formula is C9H16N2O2. The molecule has 0 aromatic heterocycles. The molecule has 1 N–H and O–H groups in total. The van der Waals surface area contributed by atoms with Crippen LogP contribution in [0.2, 0.25) is 0 Å². The summed E-state index contributed by atoms with van der Waals surface area (Å²) in [6.07, 6.45) is 2.08. The van der Waals surface area contributed by atoms with E-state index in [-0.39, 0.29) is 5.91 Å². The standard InChI is InChI=1S/C8H13NO2.CH3N/c1-2-3-8(10)9-4-6-11-7-5-9;1-2/h2H,1,3-7H2;2H,1H2. The number of nitrogens with one attached hydrogen (secondary N) is 1. The molecule has 1 fully saturated rings. The minimum absolute atomic E-state index is 0.156. The molecule has 0 aliphatic carbocycles. The smallest absolute Gasteiger partial charge is 0.226 e. The van der Waals surface area contributed by atoms with Crippen LogP contribution in [-0.2, 0) is 9.53 Å². The molecule has 4 heteroatoms. The average molecular weight is 184 g/mol. The zero-order valence-corrected chi connectivity index (χ0v) is 7.79. The van der Waals surface area contributed by atoms with Gasteiger partial charge in [0, 0.05) is 19.5 Å². The number of amides is 1. The van der Waals surface area contributed by atoms with Crippen molar-refractivity contribution in [2.45, 2.75) is 6.42 Å². The highest BCUT2D eigenvalue weighted by atomic mass is 16.5. The van der Waals surface area contributed by atoms with Gasteiger partial charge in [-0.05, 0) is 6.72 Å². The largest absolute Gasteiger partial charge is 0.378 e. The Morgan fingerprint density at radius 3 is 2.46 bits per heavy atom. The lowest BCUT2D eigenvalue weighted by Crippen LogP contribution is -2.40. The molecule has 74 valence electrons. The number of hydrogen-bond acceptors (Lipinski definition) is 3. The zero-order chi connectivity index (χ0) is 10.1. The molecule has 0 radical (unpaired) electrons. The fraction of sp³-hybridized carbons (Fsp3) is 0.556. The van der Waals surface area contributed by atoms with E-state index in [9.17, 15) is 4.79 Å². The van der Waals surface area contributed by atoms with Gasteiger partial charge in [0.25, 0.3) is 0 Å².